The van der Waals surface area contributed by atoms with Gasteiger partial charge in [-0.2, -0.15) is 0 Å². The Balaban J connectivity index is 1.55. The van der Waals surface area contributed by atoms with Gasteiger partial charge in [0.15, 0.2) is 5.76 Å². The molecule has 2 nitrogen and oxygen atoms in total. The van der Waals surface area contributed by atoms with Gasteiger partial charge in [-0.3, -0.25) is 0 Å². The fourth-order valence-corrected chi connectivity index (χ4v) is 2.98. The molecule has 0 spiro atoms. The van der Waals surface area contributed by atoms with Crippen molar-refractivity contribution >= 4 is 23.2 Å². The zero-order valence-electron chi connectivity index (χ0n) is 12.6. The Labute approximate surface area is 146 Å². The number of nitrogens with two attached hydrogens (primary N) is 1. The van der Waals surface area contributed by atoms with Crippen molar-refractivity contribution in [3.63, 3.8) is 0 Å². The molecule has 0 fully saturated rings. The Morgan fingerprint density at radius 1 is 0.913 bits per heavy atom. The van der Waals surface area contributed by atoms with E-state index in [2.05, 4.69) is 29.6 Å². The van der Waals surface area contributed by atoms with Crippen LogP contribution in [0.4, 0.5) is 0 Å². The maximum Gasteiger partial charge on any atom is 0.158 e. The van der Waals surface area contributed by atoms with E-state index in [1.807, 2.05) is 30.3 Å². The molecule has 0 atom stereocenters. The summed E-state index contributed by atoms with van der Waals surface area (Å²) in [5.74, 6) is 1.72. The van der Waals surface area contributed by atoms with Gasteiger partial charge in [0, 0.05) is 17.0 Å². The predicted molar refractivity (Wildman–Crippen MR) is 94.8 cm³/mol. The lowest BCUT2D eigenvalue weighted by Crippen LogP contribution is -2.83. The van der Waals surface area contributed by atoms with Crippen LogP contribution in [0.3, 0.4) is 0 Å². The number of hydrogen-bond acceptors (Lipinski definition) is 1. The van der Waals surface area contributed by atoms with Crippen molar-refractivity contribution in [2.75, 3.05) is 6.54 Å². The SMILES string of the molecule is Clc1ccc(-c2ccc(C[NH2+]CCc3ccccc3)o2)c(Cl)c1. The van der Waals surface area contributed by atoms with Gasteiger partial charge >= 0.3 is 0 Å². The van der Waals surface area contributed by atoms with Crippen LogP contribution >= 0.6 is 23.2 Å². The van der Waals surface area contributed by atoms with Gasteiger partial charge in [0.2, 0.25) is 0 Å². The van der Waals surface area contributed by atoms with Gasteiger partial charge in [-0.15, -0.1) is 0 Å². The van der Waals surface area contributed by atoms with E-state index < -0.39 is 0 Å². The van der Waals surface area contributed by atoms with E-state index in [0.717, 1.165) is 36.6 Å². The van der Waals surface area contributed by atoms with Crippen molar-refractivity contribution in [2.24, 2.45) is 0 Å². The van der Waals surface area contributed by atoms with E-state index in [-0.39, 0.29) is 0 Å². The number of hydrogen-bond donors (Lipinski definition) is 1. The first-order valence-corrected chi connectivity index (χ1v) is 8.38. The van der Waals surface area contributed by atoms with Crippen LogP contribution in [0.15, 0.2) is 65.1 Å². The van der Waals surface area contributed by atoms with Gasteiger partial charge in [-0.05, 0) is 35.9 Å². The first-order chi connectivity index (χ1) is 11.2. The number of halogens is 2. The molecular weight excluding hydrogens is 329 g/mol. The molecule has 0 bridgehead atoms. The van der Waals surface area contributed by atoms with Gasteiger partial charge < -0.3 is 9.73 Å². The molecule has 0 radical (unpaired) electrons. The summed E-state index contributed by atoms with van der Waals surface area (Å²) in [5, 5.41) is 3.48. The molecule has 2 aromatic carbocycles. The highest BCUT2D eigenvalue weighted by Gasteiger charge is 2.10. The van der Waals surface area contributed by atoms with E-state index in [9.17, 15) is 0 Å². The van der Waals surface area contributed by atoms with Gasteiger partial charge in [0.1, 0.15) is 12.3 Å². The van der Waals surface area contributed by atoms with Gasteiger partial charge in [-0.25, -0.2) is 0 Å². The minimum absolute atomic E-state index is 0.603. The summed E-state index contributed by atoms with van der Waals surface area (Å²) in [6.07, 6.45) is 1.05. The Hall–Kier alpha value is -1.74. The lowest BCUT2D eigenvalue weighted by Gasteiger charge is -2.02. The highest BCUT2D eigenvalue weighted by Crippen LogP contribution is 2.31. The molecule has 0 amide bonds. The van der Waals surface area contributed by atoms with Crippen LogP contribution in [-0.4, -0.2) is 6.54 Å². The first-order valence-electron chi connectivity index (χ1n) is 7.62. The molecule has 0 aliphatic rings. The monoisotopic (exact) mass is 346 g/mol. The van der Waals surface area contributed by atoms with Crippen LogP contribution in [-0.2, 0) is 13.0 Å². The molecule has 0 saturated carbocycles. The standard InChI is InChI=1S/C19H17Cl2NO/c20-15-6-8-17(18(21)12-15)19-9-7-16(23-19)13-22-11-10-14-4-2-1-3-5-14/h1-9,12,22H,10-11,13H2/p+1. The average Bonchev–Trinajstić information content (AvgIpc) is 3.01. The summed E-state index contributed by atoms with van der Waals surface area (Å²) < 4.78 is 5.88. The Bertz CT molecular complexity index is 768. The van der Waals surface area contributed by atoms with Crippen molar-refractivity contribution in [3.8, 4) is 11.3 Å². The van der Waals surface area contributed by atoms with E-state index >= 15 is 0 Å². The van der Waals surface area contributed by atoms with Gasteiger partial charge in [0.05, 0.1) is 11.6 Å². The number of furan rings is 1. The summed E-state index contributed by atoms with van der Waals surface area (Å²) in [7, 11) is 0. The zero-order valence-corrected chi connectivity index (χ0v) is 14.1. The number of quaternary nitrogens is 1. The van der Waals surface area contributed by atoms with E-state index in [0.29, 0.717) is 10.0 Å². The molecule has 23 heavy (non-hydrogen) atoms. The minimum Gasteiger partial charge on any atom is -0.455 e. The average molecular weight is 347 g/mol. The molecule has 4 heteroatoms. The summed E-state index contributed by atoms with van der Waals surface area (Å²) in [4.78, 5) is 0. The molecule has 3 aromatic rings. The van der Waals surface area contributed by atoms with E-state index in [4.69, 9.17) is 27.6 Å². The summed E-state index contributed by atoms with van der Waals surface area (Å²) in [6, 6.07) is 19.9. The Morgan fingerprint density at radius 3 is 2.52 bits per heavy atom. The van der Waals surface area contributed by atoms with Crippen molar-refractivity contribution in [2.45, 2.75) is 13.0 Å². The Kier molecular flexibility index (Phi) is 5.39. The van der Waals surface area contributed by atoms with Crippen LogP contribution in [0.1, 0.15) is 11.3 Å². The largest absolute Gasteiger partial charge is 0.455 e. The molecule has 3 rings (SSSR count). The molecule has 0 unspecified atom stereocenters. The third-order valence-corrected chi connectivity index (χ3v) is 4.23. The minimum atomic E-state index is 0.603. The maximum absolute atomic E-state index is 6.22. The topological polar surface area (TPSA) is 29.8 Å². The number of benzene rings is 2. The van der Waals surface area contributed by atoms with E-state index in [1.165, 1.54) is 5.56 Å². The smallest absolute Gasteiger partial charge is 0.158 e. The number of rotatable bonds is 6. The maximum atomic E-state index is 6.22. The first kappa shape index (κ1) is 16.1. The fourth-order valence-electron chi connectivity index (χ4n) is 2.48. The van der Waals surface area contributed by atoms with Crippen molar-refractivity contribution < 1.29 is 9.73 Å². The zero-order chi connectivity index (χ0) is 16.1. The highest BCUT2D eigenvalue weighted by atomic mass is 35.5. The molecule has 118 valence electrons. The van der Waals surface area contributed by atoms with Gasteiger partial charge in [-0.1, -0.05) is 53.5 Å². The summed E-state index contributed by atoms with van der Waals surface area (Å²) in [6.45, 7) is 1.85. The molecular formula is C19H18Cl2NO+. The molecule has 0 aliphatic heterocycles. The lowest BCUT2D eigenvalue weighted by molar-refractivity contribution is -0.671. The summed E-state index contributed by atoms with van der Waals surface area (Å²) >= 11 is 12.1. The van der Waals surface area contributed by atoms with Crippen molar-refractivity contribution in [1.82, 2.24) is 0 Å². The van der Waals surface area contributed by atoms with Crippen LogP contribution in [0.2, 0.25) is 10.0 Å². The molecule has 1 aromatic heterocycles. The lowest BCUT2D eigenvalue weighted by atomic mass is 10.1. The molecule has 0 saturated heterocycles. The fraction of sp³-hybridized carbons (Fsp3) is 0.158. The predicted octanol–water partition coefficient (Wildman–Crippen LogP) is 4.56. The van der Waals surface area contributed by atoms with Crippen LogP contribution in [0, 0.1) is 0 Å². The summed E-state index contributed by atoms with van der Waals surface area (Å²) in [5.41, 5.74) is 2.23. The second-order valence-corrected chi connectivity index (χ2v) is 6.25. The van der Waals surface area contributed by atoms with Crippen LogP contribution in [0.5, 0.6) is 0 Å². The quantitative estimate of drug-likeness (QED) is 0.651. The normalized spacial score (nSPS) is 10.9. The molecule has 2 N–H and O–H groups in total. The van der Waals surface area contributed by atoms with Crippen LogP contribution in [0.25, 0.3) is 11.3 Å². The van der Waals surface area contributed by atoms with Crippen molar-refractivity contribution in [1.29, 1.82) is 0 Å². The van der Waals surface area contributed by atoms with E-state index in [1.54, 1.807) is 6.07 Å². The Morgan fingerprint density at radius 2 is 1.74 bits per heavy atom. The second kappa shape index (κ2) is 7.69. The van der Waals surface area contributed by atoms with Crippen LogP contribution < -0.4 is 5.32 Å². The molecule has 1 heterocycles. The second-order valence-electron chi connectivity index (χ2n) is 5.41. The van der Waals surface area contributed by atoms with Gasteiger partial charge in [0.25, 0.3) is 0 Å². The third-order valence-electron chi connectivity index (χ3n) is 3.68. The third kappa shape index (κ3) is 4.38. The molecule has 0 aliphatic carbocycles. The highest BCUT2D eigenvalue weighted by molar-refractivity contribution is 6.36. The van der Waals surface area contributed by atoms with Crippen molar-refractivity contribution in [3.05, 3.63) is 82.0 Å².